The highest BCUT2D eigenvalue weighted by atomic mass is 35.5. The summed E-state index contributed by atoms with van der Waals surface area (Å²) in [5.74, 6) is -4.00. The predicted molar refractivity (Wildman–Crippen MR) is 157 cm³/mol. The second-order valence-electron chi connectivity index (χ2n) is 11.4. The van der Waals surface area contributed by atoms with Gasteiger partial charge >= 0.3 is 5.97 Å². The van der Waals surface area contributed by atoms with Crippen molar-refractivity contribution in [2.75, 3.05) is 29.9 Å². The first kappa shape index (κ1) is 28.1. The Bertz CT molecular complexity index is 1390. The van der Waals surface area contributed by atoms with Crippen LogP contribution in [0.5, 0.6) is 0 Å². The van der Waals surface area contributed by atoms with Crippen molar-refractivity contribution >= 4 is 75.6 Å². The van der Waals surface area contributed by atoms with Gasteiger partial charge in [-0.2, -0.15) is 0 Å². The minimum Gasteiger partial charge on any atom is -0.481 e. The van der Waals surface area contributed by atoms with Crippen LogP contribution in [0.25, 0.3) is 0 Å². The lowest BCUT2D eigenvalue weighted by molar-refractivity contribution is -0.152. The Morgan fingerprint density at radius 1 is 0.975 bits per heavy atom. The molecule has 0 aromatic heterocycles. The molecule has 1 aliphatic carbocycles. The Kier molecular flexibility index (Phi) is 7.28. The smallest absolute Gasteiger partial charge is 0.310 e. The number of carboxylic acid groups (broad SMARTS) is 1. The topological polar surface area (TPSA) is 81.2 Å². The molecule has 40 heavy (non-hydrogen) atoms. The van der Waals surface area contributed by atoms with Crippen molar-refractivity contribution in [3.8, 4) is 0 Å². The van der Waals surface area contributed by atoms with E-state index < -0.39 is 35.3 Å². The van der Waals surface area contributed by atoms with Gasteiger partial charge in [0, 0.05) is 46.0 Å². The fraction of sp³-hybridized carbons (Fsp3) is 0.483. The van der Waals surface area contributed by atoms with Gasteiger partial charge in [-0.1, -0.05) is 59.2 Å². The number of nitrogens with zero attached hydrogens (tertiary/aromatic N) is 3. The Morgan fingerprint density at radius 2 is 1.62 bits per heavy atom. The first-order chi connectivity index (χ1) is 19.0. The van der Waals surface area contributed by atoms with E-state index in [2.05, 4.69) is 0 Å². The molecule has 3 fully saturated rings. The number of fused-ring (bicyclic) bond motifs is 4. The van der Waals surface area contributed by atoms with Crippen LogP contribution in [0.3, 0.4) is 0 Å². The van der Waals surface area contributed by atoms with Gasteiger partial charge in [0.2, 0.25) is 5.91 Å². The van der Waals surface area contributed by atoms with E-state index in [1.54, 1.807) is 42.3 Å². The summed E-state index contributed by atoms with van der Waals surface area (Å²) in [5, 5.41) is 12.2. The number of likely N-dealkylation sites (N-methyl/N-ethyl adjacent to an activating group) is 1. The van der Waals surface area contributed by atoms with Crippen LogP contribution in [0.2, 0.25) is 20.1 Å². The highest BCUT2D eigenvalue weighted by Gasteiger charge is 2.72. The zero-order valence-corrected chi connectivity index (χ0v) is 24.9. The zero-order valence-electron chi connectivity index (χ0n) is 21.9. The molecule has 1 saturated carbocycles. The number of hydrogen-bond donors (Lipinski definition) is 1. The van der Waals surface area contributed by atoms with Crippen LogP contribution < -0.4 is 9.80 Å². The van der Waals surface area contributed by atoms with Crippen LogP contribution >= 0.6 is 46.4 Å². The van der Waals surface area contributed by atoms with Crippen LogP contribution in [0.4, 0.5) is 11.4 Å². The third kappa shape index (κ3) is 4.15. The maximum atomic E-state index is 14.8. The lowest BCUT2D eigenvalue weighted by atomic mass is 9.73. The second-order valence-corrected chi connectivity index (χ2v) is 13.1. The van der Waals surface area contributed by atoms with Crippen LogP contribution in [0, 0.1) is 17.8 Å². The lowest BCUT2D eigenvalue weighted by Crippen LogP contribution is -2.55. The summed E-state index contributed by atoms with van der Waals surface area (Å²) >= 11 is 25.7. The first-order valence-electron chi connectivity index (χ1n) is 13.6. The molecule has 11 heteroatoms. The van der Waals surface area contributed by atoms with Gasteiger partial charge in [-0.05, 0) is 68.5 Å². The molecule has 0 radical (unpaired) electrons. The molecular formula is C29H29Cl4N3O4. The molecule has 2 saturated heterocycles. The summed E-state index contributed by atoms with van der Waals surface area (Å²) in [4.78, 5) is 47.3. The lowest BCUT2D eigenvalue weighted by Gasteiger charge is -2.36. The molecule has 4 atom stereocenters. The van der Waals surface area contributed by atoms with Crippen LogP contribution in [-0.2, 0) is 19.9 Å². The Morgan fingerprint density at radius 3 is 2.27 bits per heavy atom. The number of carbonyl (C=O) groups is 3. The van der Waals surface area contributed by atoms with Crippen molar-refractivity contribution in [2.45, 2.75) is 50.1 Å². The summed E-state index contributed by atoms with van der Waals surface area (Å²) in [6.07, 6.45) is 5.47. The molecule has 2 aromatic carbocycles. The van der Waals surface area contributed by atoms with Gasteiger partial charge in [-0.3, -0.25) is 19.3 Å². The Hall–Kier alpha value is -2.03. The van der Waals surface area contributed by atoms with Gasteiger partial charge in [0.05, 0.1) is 16.6 Å². The van der Waals surface area contributed by atoms with Crippen LogP contribution in [0.1, 0.15) is 44.1 Å². The number of carboxylic acids is 1. The summed E-state index contributed by atoms with van der Waals surface area (Å²) in [7, 11) is 1.59. The van der Waals surface area contributed by atoms with E-state index in [1.165, 1.54) is 4.90 Å². The number of benzene rings is 2. The normalized spacial score (nSPS) is 28.0. The molecule has 1 N–H and O–H groups in total. The maximum Gasteiger partial charge on any atom is 0.310 e. The van der Waals surface area contributed by atoms with Gasteiger partial charge in [0.15, 0.2) is 0 Å². The largest absolute Gasteiger partial charge is 0.481 e. The fourth-order valence-corrected chi connectivity index (χ4v) is 8.94. The van der Waals surface area contributed by atoms with Crippen molar-refractivity contribution in [2.24, 2.45) is 17.8 Å². The number of hydrogen-bond acceptors (Lipinski definition) is 4. The summed E-state index contributed by atoms with van der Waals surface area (Å²) in [6, 6.07) is 7.72. The summed E-state index contributed by atoms with van der Waals surface area (Å²) < 4.78 is 0. The molecule has 3 aliphatic heterocycles. The average molecular weight is 625 g/mol. The van der Waals surface area contributed by atoms with Gasteiger partial charge in [-0.25, -0.2) is 0 Å². The molecule has 1 spiro atoms. The van der Waals surface area contributed by atoms with Gasteiger partial charge in [0.25, 0.3) is 5.91 Å². The Balaban J connectivity index is 1.52. The zero-order chi connectivity index (χ0) is 28.5. The van der Waals surface area contributed by atoms with Gasteiger partial charge in [-0.15, -0.1) is 0 Å². The van der Waals surface area contributed by atoms with E-state index in [4.69, 9.17) is 46.4 Å². The number of anilines is 2. The second kappa shape index (κ2) is 10.4. The first-order valence-corrected chi connectivity index (χ1v) is 15.1. The standard InChI is InChI=1S/C29H29Cl4N3O4/c1-34-25-20(12-18(32)13-21(25)33)29(28(34)40)24(27(38)39)23(22-7-4-8-36(22)29)26(37)35(14-15-5-2-3-6-15)19-10-16(30)9-17(31)11-19/h9-13,15,22-24H,2-8,14H2,1H3,(H,38,39)/t22-,23+,24-,29?/m1/s1. The molecule has 6 rings (SSSR count). The van der Waals surface area contributed by atoms with Crippen LogP contribution in [-0.4, -0.2) is 54.0 Å². The minimum absolute atomic E-state index is 0.265. The van der Waals surface area contributed by atoms with Crippen molar-refractivity contribution in [1.29, 1.82) is 0 Å². The molecular weight excluding hydrogens is 596 g/mol. The molecule has 2 aromatic rings. The van der Waals surface area contributed by atoms with E-state index >= 15 is 0 Å². The monoisotopic (exact) mass is 623 g/mol. The van der Waals surface area contributed by atoms with Crippen LogP contribution in [0.15, 0.2) is 30.3 Å². The van der Waals surface area contributed by atoms with E-state index in [0.717, 1.165) is 32.1 Å². The van der Waals surface area contributed by atoms with Crippen molar-refractivity contribution < 1.29 is 19.5 Å². The quantitative estimate of drug-likeness (QED) is 0.411. The number of amides is 2. The van der Waals surface area contributed by atoms with E-state index in [1.807, 2.05) is 4.90 Å². The number of aliphatic carboxylic acids is 1. The Labute approximate surface area is 252 Å². The van der Waals surface area contributed by atoms with Crippen molar-refractivity contribution in [3.63, 3.8) is 0 Å². The van der Waals surface area contributed by atoms with E-state index in [-0.39, 0.29) is 16.8 Å². The highest BCUT2D eigenvalue weighted by molar-refractivity contribution is 6.38. The molecule has 1 unspecified atom stereocenters. The van der Waals surface area contributed by atoms with E-state index in [0.29, 0.717) is 51.5 Å². The number of halogens is 4. The van der Waals surface area contributed by atoms with Gasteiger partial charge < -0.3 is 14.9 Å². The predicted octanol–water partition coefficient (Wildman–Crippen LogP) is 6.49. The summed E-state index contributed by atoms with van der Waals surface area (Å²) in [6.45, 7) is 0.910. The number of carbonyl (C=O) groups excluding carboxylic acids is 2. The van der Waals surface area contributed by atoms with Crippen molar-refractivity contribution in [1.82, 2.24) is 4.90 Å². The SMILES string of the molecule is CN1C(=O)C2(c3cc(Cl)cc(Cl)c31)[C@@H](C(=O)O)[C@@H](C(=O)N(CC1CCCC1)c1cc(Cl)cc(Cl)c1)[C@H]1CCCN12. The summed E-state index contributed by atoms with van der Waals surface area (Å²) in [5.41, 5.74) is -0.187. The highest BCUT2D eigenvalue weighted by Crippen LogP contribution is 2.61. The maximum absolute atomic E-state index is 14.8. The molecule has 2 amide bonds. The molecule has 7 nitrogen and oxygen atoms in total. The molecule has 3 heterocycles. The van der Waals surface area contributed by atoms with Gasteiger partial charge in [0.1, 0.15) is 11.5 Å². The minimum atomic E-state index is -1.60. The fourth-order valence-electron chi connectivity index (χ4n) is 7.80. The molecule has 0 bridgehead atoms. The number of rotatable bonds is 5. The average Bonchev–Trinajstić information content (AvgIpc) is 3.64. The third-order valence-electron chi connectivity index (χ3n) is 9.27. The third-order valence-corrected chi connectivity index (χ3v) is 10.2. The van der Waals surface area contributed by atoms with Crippen molar-refractivity contribution in [3.05, 3.63) is 56.0 Å². The van der Waals surface area contributed by atoms with E-state index in [9.17, 15) is 19.5 Å². The molecule has 4 aliphatic rings. The molecule has 212 valence electrons.